The molecule has 0 aromatic heterocycles. The normalized spacial score (nSPS) is 15.2. The highest BCUT2D eigenvalue weighted by Crippen LogP contribution is 2.29. The average Bonchev–Trinajstić information content (AvgIpc) is 2.97. The first-order valence-corrected chi connectivity index (χ1v) is 7.43. The van der Waals surface area contributed by atoms with Gasteiger partial charge in [0.15, 0.2) is 0 Å². The second-order valence-electron chi connectivity index (χ2n) is 5.48. The Balaban J connectivity index is 1.89. The summed E-state index contributed by atoms with van der Waals surface area (Å²) in [5.74, 6) is 0.542. The quantitative estimate of drug-likeness (QED) is 0.474. The van der Waals surface area contributed by atoms with Crippen LogP contribution >= 0.6 is 0 Å². The maximum absolute atomic E-state index is 11.7. The first-order valence-electron chi connectivity index (χ1n) is 7.43. The number of esters is 1. The van der Waals surface area contributed by atoms with Gasteiger partial charge in [0.2, 0.25) is 0 Å². The standard InChI is InChI=1S/C16H24N2O2/c1-20-16(19)13-9-4-10-14(17)15(13)18-11-5-8-12-6-2-3-7-12/h4,9-10,12,18H,2-3,5-8,11,17H2,1H3. The third-order valence-corrected chi connectivity index (χ3v) is 4.07. The largest absolute Gasteiger partial charge is 0.465 e. The fourth-order valence-corrected chi connectivity index (χ4v) is 2.95. The number of rotatable bonds is 6. The highest BCUT2D eigenvalue weighted by molar-refractivity contribution is 5.98. The Morgan fingerprint density at radius 3 is 2.85 bits per heavy atom. The number of nitrogen functional groups attached to an aromatic ring is 1. The van der Waals surface area contributed by atoms with Crippen LogP contribution < -0.4 is 11.1 Å². The number of methoxy groups -OCH3 is 1. The molecule has 0 unspecified atom stereocenters. The van der Waals surface area contributed by atoms with Crippen molar-refractivity contribution < 1.29 is 9.53 Å². The monoisotopic (exact) mass is 276 g/mol. The predicted octanol–water partition coefficient (Wildman–Crippen LogP) is 3.44. The maximum Gasteiger partial charge on any atom is 0.340 e. The average molecular weight is 276 g/mol. The zero-order valence-corrected chi connectivity index (χ0v) is 12.2. The zero-order chi connectivity index (χ0) is 14.4. The Kier molecular flexibility index (Phi) is 5.27. The number of ether oxygens (including phenoxy) is 1. The summed E-state index contributed by atoms with van der Waals surface area (Å²) in [7, 11) is 1.38. The zero-order valence-electron chi connectivity index (χ0n) is 12.2. The van der Waals surface area contributed by atoms with Crippen molar-refractivity contribution in [3.63, 3.8) is 0 Å². The second-order valence-corrected chi connectivity index (χ2v) is 5.48. The van der Waals surface area contributed by atoms with E-state index in [2.05, 4.69) is 5.32 Å². The van der Waals surface area contributed by atoms with E-state index in [4.69, 9.17) is 10.5 Å². The van der Waals surface area contributed by atoms with Gasteiger partial charge in [-0.05, 0) is 30.9 Å². The molecule has 4 nitrogen and oxygen atoms in total. The fourth-order valence-electron chi connectivity index (χ4n) is 2.95. The molecule has 1 fully saturated rings. The Bertz CT molecular complexity index is 454. The third-order valence-electron chi connectivity index (χ3n) is 4.07. The molecule has 0 saturated heterocycles. The maximum atomic E-state index is 11.7. The number of benzene rings is 1. The summed E-state index contributed by atoms with van der Waals surface area (Å²) in [6.07, 6.45) is 7.89. The van der Waals surface area contributed by atoms with Gasteiger partial charge in [0.05, 0.1) is 24.0 Å². The van der Waals surface area contributed by atoms with Gasteiger partial charge < -0.3 is 15.8 Å². The third kappa shape index (κ3) is 3.65. The minimum Gasteiger partial charge on any atom is -0.465 e. The molecule has 0 heterocycles. The SMILES string of the molecule is COC(=O)c1cccc(N)c1NCCCC1CCCC1. The van der Waals surface area contributed by atoms with Gasteiger partial charge in [-0.25, -0.2) is 4.79 Å². The van der Waals surface area contributed by atoms with Gasteiger partial charge >= 0.3 is 5.97 Å². The molecule has 20 heavy (non-hydrogen) atoms. The molecule has 1 aliphatic carbocycles. The van der Waals surface area contributed by atoms with Crippen molar-refractivity contribution in [1.29, 1.82) is 0 Å². The number of carbonyl (C=O) groups excluding carboxylic acids is 1. The minimum absolute atomic E-state index is 0.351. The molecule has 1 aliphatic rings. The minimum atomic E-state index is -0.351. The lowest BCUT2D eigenvalue weighted by Crippen LogP contribution is -2.12. The molecule has 0 aliphatic heterocycles. The molecule has 1 aromatic carbocycles. The molecule has 1 saturated carbocycles. The smallest absolute Gasteiger partial charge is 0.340 e. The molecule has 0 radical (unpaired) electrons. The summed E-state index contributed by atoms with van der Waals surface area (Å²) in [5.41, 5.74) is 7.75. The fraction of sp³-hybridized carbons (Fsp3) is 0.562. The van der Waals surface area contributed by atoms with E-state index in [-0.39, 0.29) is 5.97 Å². The molecule has 0 atom stereocenters. The van der Waals surface area contributed by atoms with Crippen LogP contribution in [0.3, 0.4) is 0 Å². The summed E-state index contributed by atoms with van der Waals surface area (Å²) < 4.78 is 4.79. The van der Waals surface area contributed by atoms with Gasteiger partial charge in [0.25, 0.3) is 0 Å². The molecule has 0 amide bonds. The summed E-state index contributed by atoms with van der Waals surface area (Å²) >= 11 is 0. The van der Waals surface area contributed by atoms with Crippen molar-refractivity contribution in [3.8, 4) is 0 Å². The van der Waals surface area contributed by atoms with Crippen molar-refractivity contribution in [3.05, 3.63) is 23.8 Å². The highest BCUT2D eigenvalue weighted by atomic mass is 16.5. The Hall–Kier alpha value is -1.71. The lowest BCUT2D eigenvalue weighted by atomic mass is 10.0. The predicted molar refractivity (Wildman–Crippen MR) is 81.9 cm³/mol. The molecule has 3 N–H and O–H groups in total. The van der Waals surface area contributed by atoms with Crippen LogP contribution in [-0.2, 0) is 4.74 Å². The van der Waals surface area contributed by atoms with Crippen LogP contribution in [0.4, 0.5) is 11.4 Å². The number of carbonyl (C=O) groups is 1. The van der Waals surface area contributed by atoms with E-state index in [1.807, 2.05) is 0 Å². The molecule has 4 heteroatoms. The lowest BCUT2D eigenvalue weighted by Gasteiger charge is -2.14. The van der Waals surface area contributed by atoms with Crippen LogP contribution in [0.2, 0.25) is 0 Å². The number of nitrogens with two attached hydrogens (primary N) is 1. The first-order chi connectivity index (χ1) is 9.72. The summed E-state index contributed by atoms with van der Waals surface area (Å²) in [4.78, 5) is 11.7. The summed E-state index contributed by atoms with van der Waals surface area (Å²) in [6, 6.07) is 5.30. The number of hydrogen-bond donors (Lipinski definition) is 2. The molecule has 0 bridgehead atoms. The van der Waals surface area contributed by atoms with Crippen LogP contribution in [0.25, 0.3) is 0 Å². The van der Waals surface area contributed by atoms with Gasteiger partial charge in [-0.3, -0.25) is 0 Å². The molecular formula is C16H24N2O2. The molecular weight excluding hydrogens is 252 g/mol. The van der Waals surface area contributed by atoms with Crippen molar-refractivity contribution in [1.82, 2.24) is 0 Å². The van der Waals surface area contributed by atoms with E-state index >= 15 is 0 Å². The van der Waals surface area contributed by atoms with E-state index < -0.39 is 0 Å². The van der Waals surface area contributed by atoms with Crippen molar-refractivity contribution in [2.24, 2.45) is 5.92 Å². The van der Waals surface area contributed by atoms with Crippen LogP contribution in [0.15, 0.2) is 18.2 Å². The van der Waals surface area contributed by atoms with Gasteiger partial charge in [-0.1, -0.05) is 31.7 Å². The number of anilines is 2. The highest BCUT2D eigenvalue weighted by Gasteiger charge is 2.16. The lowest BCUT2D eigenvalue weighted by molar-refractivity contribution is 0.0602. The Morgan fingerprint density at radius 2 is 2.15 bits per heavy atom. The van der Waals surface area contributed by atoms with Crippen LogP contribution in [-0.4, -0.2) is 19.6 Å². The van der Waals surface area contributed by atoms with Crippen LogP contribution in [0, 0.1) is 5.92 Å². The molecule has 2 rings (SSSR count). The van der Waals surface area contributed by atoms with Gasteiger partial charge in [0.1, 0.15) is 0 Å². The summed E-state index contributed by atoms with van der Waals surface area (Å²) in [6.45, 7) is 0.842. The molecule has 0 spiro atoms. The topological polar surface area (TPSA) is 64.3 Å². The van der Waals surface area contributed by atoms with Crippen molar-refractivity contribution in [2.75, 3.05) is 24.7 Å². The van der Waals surface area contributed by atoms with Crippen LogP contribution in [0.5, 0.6) is 0 Å². The second kappa shape index (κ2) is 7.17. The van der Waals surface area contributed by atoms with Gasteiger partial charge in [-0.2, -0.15) is 0 Å². The van der Waals surface area contributed by atoms with Gasteiger partial charge in [-0.15, -0.1) is 0 Å². The summed E-state index contributed by atoms with van der Waals surface area (Å²) in [5, 5.41) is 3.29. The van der Waals surface area contributed by atoms with Crippen molar-refractivity contribution >= 4 is 17.3 Å². The van der Waals surface area contributed by atoms with Gasteiger partial charge in [0, 0.05) is 6.54 Å². The van der Waals surface area contributed by atoms with E-state index in [0.717, 1.165) is 18.9 Å². The molecule has 110 valence electrons. The van der Waals surface area contributed by atoms with E-state index in [9.17, 15) is 4.79 Å². The Morgan fingerprint density at radius 1 is 1.40 bits per heavy atom. The Labute approximate surface area is 120 Å². The molecule has 1 aromatic rings. The number of hydrogen-bond acceptors (Lipinski definition) is 4. The van der Waals surface area contributed by atoms with E-state index in [0.29, 0.717) is 16.9 Å². The van der Waals surface area contributed by atoms with Crippen LogP contribution in [0.1, 0.15) is 48.9 Å². The number of nitrogens with one attached hydrogen (secondary N) is 1. The van der Waals surface area contributed by atoms with E-state index in [1.54, 1.807) is 18.2 Å². The number of para-hydroxylation sites is 1. The van der Waals surface area contributed by atoms with Crippen molar-refractivity contribution in [2.45, 2.75) is 38.5 Å². The first kappa shape index (κ1) is 14.7. The van der Waals surface area contributed by atoms with E-state index in [1.165, 1.54) is 39.2 Å².